The number of rotatable bonds is 5. The molecule has 0 radical (unpaired) electrons. The number of likely N-dealkylation sites (N-methyl/N-ethyl adjacent to an activating group) is 1. The van der Waals surface area contributed by atoms with Crippen LogP contribution in [0.25, 0.3) is 0 Å². The molecule has 1 aromatic carbocycles. The summed E-state index contributed by atoms with van der Waals surface area (Å²) in [4.78, 5) is 2.21. The molecule has 1 saturated heterocycles. The number of sulfonamides is 1. The molecule has 0 bridgehead atoms. The monoisotopic (exact) mass is 312 g/mol. The molecule has 1 fully saturated rings. The Hall–Kier alpha value is -1.11. The van der Waals surface area contributed by atoms with Crippen molar-refractivity contribution in [3.8, 4) is 5.75 Å². The summed E-state index contributed by atoms with van der Waals surface area (Å²) in [5.41, 5.74) is 1.12. The molecule has 0 aliphatic carbocycles. The van der Waals surface area contributed by atoms with Gasteiger partial charge in [-0.05, 0) is 31.2 Å². The van der Waals surface area contributed by atoms with E-state index in [1.165, 1.54) is 0 Å². The second-order valence-corrected chi connectivity index (χ2v) is 7.53. The molecular formula is C15H24N2O3S. The Morgan fingerprint density at radius 1 is 1.24 bits per heavy atom. The molecular weight excluding hydrogens is 288 g/mol. The second-order valence-electron chi connectivity index (χ2n) is 5.44. The summed E-state index contributed by atoms with van der Waals surface area (Å²) in [6.45, 7) is 3.74. The Kier molecular flexibility index (Phi) is 5.24. The normalized spacial score (nSPS) is 21.4. The maximum Gasteiger partial charge on any atom is 0.214 e. The molecule has 6 heteroatoms. The van der Waals surface area contributed by atoms with Crippen LogP contribution in [-0.4, -0.2) is 57.2 Å². The first-order valence-corrected chi connectivity index (χ1v) is 8.91. The van der Waals surface area contributed by atoms with Crippen molar-refractivity contribution in [1.82, 2.24) is 9.21 Å². The quantitative estimate of drug-likeness (QED) is 0.831. The summed E-state index contributed by atoms with van der Waals surface area (Å²) in [6.07, 6.45) is 0.655. The summed E-state index contributed by atoms with van der Waals surface area (Å²) in [5.74, 6) is 1.04. The van der Waals surface area contributed by atoms with Gasteiger partial charge in [0.25, 0.3) is 0 Å². The summed E-state index contributed by atoms with van der Waals surface area (Å²) in [7, 11) is 0.551. The van der Waals surface area contributed by atoms with Crippen molar-refractivity contribution in [2.75, 3.05) is 39.5 Å². The minimum atomic E-state index is -3.13. The van der Waals surface area contributed by atoms with Gasteiger partial charge < -0.3 is 4.74 Å². The van der Waals surface area contributed by atoms with Gasteiger partial charge in [0.05, 0.1) is 12.9 Å². The van der Waals surface area contributed by atoms with E-state index in [-0.39, 0.29) is 11.8 Å². The van der Waals surface area contributed by atoms with Gasteiger partial charge in [-0.1, -0.05) is 19.1 Å². The summed E-state index contributed by atoms with van der Waals surface area (Å²) in [5, 5.41) is 0. The maximum atomic E-state index is 12.3. The van der Waals surface area contributed by atoms with Crippen molar-refractivity contribution in [3.05, 3.63) is 29.8 Å². The van der Waals surface area contributed by atoms with Crippen molar-refractivity contribution in [1.29, 1.82) is 0 Å². The van der Waals surface area contributed by atoms with Crippen LogP contribution >= 0.6 is 0 Å². The third-order valence-corrected chi connectivity index (χ3v) is 6.01. The molecule has 0 aromatic heterocycles. The largest absolute Gasteiger partial charge is 0.497 e. The van der Waals surface area contributed by atoms with Crippen LogP contribution in [0.4, 0.5) is 0 Å². The standard InChI is InChI=1S/C15H24N2O3S/c1-4-11-21(18,19)17-10-9-16(2)15(12-17)13-5-7-14(20-3)8-6-13/h5-8,15H,4,9-12H2,1-3H3/t15-/m1/s1. The van der Waals surface area contributed by atoms with E-state index in [0.29, 0.717) is 19.5 Å². The lowest BCUT2D eigenvalue weighted by Gasteiger charge is -2.39. The van der Waals surface area contributed by atoms with Crippen molar-refractivity contribution in [2.45, 2.75) is 19.4 Å². The van der Waals surface area contributed by atoms with E-state index in [2.05, 4.69) is 4.90 Å². The highest BCUT2D eigenvalue weighted by Crippen LogP contribution is 2.27. The fourth-order valence-electron chi connectivity index (χ4n) is 2.67. The molecule has 1 atom stereocenters. The predicted molar refractivity (Wildman–Crippen MR) is 84.0 cm³/mol. The van der Waals surface area contributed by atoms with Gasteiger partial charge in [-0.15, -0.1) is 0 Å². The van der Waals surface area contributed by atoms with Gasteiger partial charge in [0.15, 0.2) is 0 Å². The highest BCUT2D eigenvalue weighted by Gasteiger charge is 2.31. The Labute approximate surface area is 127 Å². The van der Waals surface area contributed by atoms with Gasteiger partial charge in [-0.25, -0.2) is 8.42 Å². The number of hydrogen-bond acceptors (Lipinski definition) is 4. The van der Waals surface area contributed by atoms with Crippen molar-refractivity contribution in [3.63, 3.8) is 0 Å². The molecule has 21 heavy (non-hydrogen) atoms. The van der Waals surface area contributed by atoms with Gasteiger partial charge in [0.1, 0.15) is 5.75 Å². The zero-order valence-electron chi connectivity index (χ0n) is 12.9. The average molecular weight is 312 g/mol. The number of hydrogen-bond donors (Lipinski definition) is 0. The Morgan fingerprint density at radius 2 is 1.90 bits per heavy atom. The van der Waals surface area contributed by atoms with E-state index >= 15 is 0 Å². The Balaban J connectivity index is 2.17. The molecule has 1 aliphatic rings. The highest BCUT2D eigenvalue weighted by atomic mass is 32.2. The average Bonchev–Trinajstić information content (AvgIpc) is 2.47. The number of methoxy groups -OCH3 is 1. The van der Waals surface area contributed by atoms with Crippen LogP contribution in [-0.2, 0) is 10.0 Å². The Bertz CT molecular complexity index is 557. The van der Waals surface area contributed by atoms with Crippen LogP contribution < -0.4 is 4.74 Å². The molecule has 5 nitrogen and oxygen atoms in total. The lowest BCUT2D eigenvalue weighted by atomic mass is 10.0. The minimum absolute atomic E-state index is 0.0938. The third-order valence-electron chi connectivity index (χ3n) is 3.97. The molecule has 0 spiro atoms. The second kappa shape index (κ2) is 6.77. The topological polar surface area (TPSA) is 49.9 Å². The molecule has 1 heterocycles. The van der Waals surface area contributed by atoms with Crippen LogP contribution in [0.2, 0.25) is 0 Å². The fourth-order valence-corrected chi connectivity index (χ4v) is 4.18. The molecule has 1 aliphatic heterocycles. The van der Waals surface area contributed by atoms with Gasteiger partial charge in [-0.3, -0.25) is 4.90 Å². The lowest BCUT2D eigenvalue weighted by molar-refractivity contribution is 0.148. The van der Waals surface area contributed by atoms with E-state index in [1.807, 2.05) is 38.2 Å². The van der Waals surface area contributed by atoms with Gasteiger partial charge in [0.2, 0.25) is 10.0 Å². The number of nitrogens with zero attached hydrogens (tertiary/aromatic N) is 2. The molecule has 1 aromatic rings. The highest BCUT2D eigenvalue weighted by molar-refractivity contribution is 7.89. The predicted octanol–water partition coefficient (Wildman–Crippen LogP) is 1.72. The smallest absolute Gasteiger partial charge is 0.214 e. The molecule has 0 N–H and O–H groups in total. The van der Waals surface area contributed by atoms with Crippen molar-refractivity contribution < 1.29 is 13.2 Å². The molecule has 2 rings (SSSR count). The van der Waals surface area contributed by atoms with E-state index in [0.717, 1.165) is 17.9 Å². The molecule has 118 valence electrons. The van der Waals surface area contributed by atoms with E-state index in [9.17, 15) is 8.42 Å². The summed E-state index contributed by atoms with van der Waals surface area (Å²) in [6, 6.07) is 7.95. The van der Waals surface area contributed by atoms with Crippen molar-refractivity contribution in [2.24, 2.45) is 0 Å². The SMILES string of the molecule is CCCS(=O)(=O)N1CCN(C)[C@@H](c2ccc(OC)cc2)C1. The first-order chi connectivity index (χ1) is 9.97. The van der Waals surface area contributed by atoms with E-state index in [4.69, 9.17) is 4.74 Å². The zero-order valence-corrected chi connectivity index (χ0v) is 13.8. The number of piperazine rings is 1. The first-order valence-electron chi connectivity index (χ1n) is 7.30. The van der Waals surface area contributed by atoms with E-state index < -0.39 is 10.0 Å². The number of ether oxygens (including phenoxy) is 1. The van der Waals surface area contributed by atoms with Crippen molar-refractivity contribution >= 4 is 10.0 Å². The molecule has 0 amide bonds. The van der Waals surface area contributed by atoms with E-state index in [1.54, 1.807) is 11.4 Å². The van der Waals surface area contributed by atoms with Crippen LogP contribution in [0, 0.1) is 0 Å². The van der Waals surface area contributed by atoms with Crippen LogP contribution in [0.3, 0.4) is 0 Å². The van der Waals surface area contributed by atoms with Crippen LogP contribution in [0.5, 0.6) is 5.75 Å². The molecule has 0 unspecified atom stereocenters. The van der Waals surface area contributed by atoms with Gasteiger partial charge in [0, 0.05) is 25.7 Å². The van der Waals surface area contributed by atoms with Crippen LogP contribution in [0.1, 0.15) is 24.9 Å². The third kappa shape index (κ3) is 3.75. The van der Waals surface area contributed by atoms with Gasteiger partial charge >= 0.3 is 0 Å². The number of benzene rings is 1. The molecule has 0 saturated carbocycles. The first kappa shape index (κ1) is 16.3. The zero-order chi connectivity index (χ0) is 15.5. The van der Waals surface area contributed by atoms with Gasteiger partial charge in [-0.2, -0.15) is 4.31 Å². The van der Waals surface area contributed by atoms with Crippen LogP contribution in [0.15, 0.2) is 24.3 Å². The minimum Gasteiger partial charge on any atom is -0.497 e. The maximum absolute atomic E-state index is 12.3. The summed E-state index contributed by atoms with van der Waals surface area (Å²) >= 11 is 0. The fraction of sp³-hybridized carbons (Fsp3) is 0.600. The summed E-state index contributed by atoms with van der Waals surface area (Å²) < 4.78 is 31.3. The Morgan fingerprint density at radius 3 is 2.48 bits per heavy atom. The lowest BCUT2D eigenvalue weighted by Crippen LogP contribution is -2.49.